The van der Waals surface area contributed by atoms with Crippen molar-refractivity contribution in [2.45, 2.75) is 12.3 Å². The van der Waals surface area contributed by atoms with Gasteiger partial charge < -0.3 is 15.1 Å². The van der Waals surface area contributed by atoms with Gasteiger partial charge in [-0.1, -0.05) is 42.5 Å². The van der Waals surface area contributed by atoms with E-state index in [-0.39, 0.29) is 30.7 Å². The van der Waals surface area contributed by atoms with Crippen LogP contribution < -0.4 is 10.6 Å². The Morgan fingerprint density at radius 1 is 0.886 bits per heavy atom. The van der Waals surface area contributed by atoms with Crippen molar-refractivity contribution in [3.05, 3.63) is 89.9 Å². The van der Waals surface area contributed by atoms with Crippen molar-refractivity contribution >= 4 is 27.5 Å². The number of nitrogens with one attached hydrogen (secondary N) is 2. The Labute approximate surface area is 204 Å². The van der Waals surface area contributed by atoms with Crippen molar-refractivity contribution in [3.8, 4) is 0 Å². The summed E-state index contributed by atoms with van der Waals surface area (Å²) in [5, 5.41) is 5.59. The second-order valence-electron chi connectivity index (χ2n) is 8.27. The standard InChI is InChI=1S/C25H28N4O5S/c30-24(27-23-11-5-4-10-22(23)25(31)26-17-21-9-6-16-34-21)18-28-12-14-29(15-13-28)35(32,33)19-20-7-2-1-3-8-20/h1-11,16H,12-15,17-19H2,(H,26,31)(H,27,30). The molecule has 2 N–H and O–H groups in total. The topological polar surface area (TPSA) is 112 Å². The van der Waals surface area contributed by atoms with Crippen molar-refractivity contribution in [1.82, 2.24) is 14.5 Å². The van der Waals surface area contributed by atoms with E-state index in [0.29, 0.717) is 43.2 Å². The van der Waals surface area contributed by atoms with Crippen LogP contribution in [0, 0.1) is 0 Å². The van der Waals surface area contributed by atoms with Gasteiger partial charge >= 0.3 is 0 Å². The summed E-state index contributed by atoms with van der Waals surface area (Å²) in [7, 11) is -3.42. The van der Waals surface area contributed by atoms with Crippen LogP contribution in [0.15, 0.2) is 77.4 Å². The Balaban J connectivity index is 1.28. The fourth-order valence-electron chi connectivity index (χ4n) is 3.90. The zero-order chi connectivity index (χ0) is 24.7. The summed E-state index contributed by atoms with van der Waals surface area (Å²) in [6.07, 6.45) is 1.54. The first kappa shape index (κ1) is 24.6. The van der Waals surface area contributed by atoms with Gasteiger partial charge in [0, 0.05) is 26.2 Å². The van der Waals surface area contributed by atoms with E-state index in [9.17, 15) is 18.0 Å². The Morgan fingerprint density at radius 3 is 2.31 bits per heavy atom. The monoisotopic (exact) mass is 496 g/mol. The molecular weight excluding hydrogens is 468 g/mol. The number of amides is 2. The van der Waals surface area contributed by atoms with Gasteiger partial charge in [0.25, 0.3) is 5.91 Å². The van der Waals surface area contributed by atoms with Gasteiger partial charge in [-0.2, -0.15) is 4.31 Å². The number of carbonyl (C=O) groups excluding carboxylic acids is 2. The molecule has 1 aliphatic rings. The highest BCUT2D eigenvalue weighted by Crippen LogP contribution is 2.17. The fourth-order valence-corrected chi connectivity index (χ4v) is 5.42. The van der Waals surface area contributed by atoms with Crippen LogP contribution in [-0.2, 0) is 27.1 Å². The molecule has 2 aromatic carbocycles. The van der Waals surface area contributed by atoms with Crippen LogP contribution in [0.3, 0.4) is 0 Å². The lowest BCUT2D eigenvalue weighted by Crippen LogP contribution is -2.50. The minimum absolute atomic E-state index is 0.0346. The van der Waals surface area contributed by atoms with E-state index in [1.54, 1.807) is 48.5 Å². The predicted octanol–water partition coefficient (Wildman–Crippen LogP) is 2.30. The van der Waals surface area contributed by atoms with E-state index >= 15 is 0 Å². The van der Waals surface area contributed by atoms with E-state index in [1.807, 2.05) is 23.1 Å². The molecule has 4 rings (SSSR count). The molecule has 0 spiro atoms. The van der Waals surface area contributed by atoms with E-state index in [4.69, 9.17) is 4.42 Å². The van der Waals surface area contributed by atoms with Crippen molar-refractivity contribution in [2.75, 3.05) is 38.0 Å². The number of nitrogens with zero attached hydrogens (tertiary/aromatic N) is 2. The quantitative estimate of drug-likeness (QED) is 0.470. The summed E-state index contributed by atoms with van der Waals surface area (Å²) in [6.45, 7) is 1.91. The number of piperazine rings is 1. The van der Waals surface area contributed by atoms with Crippen LogP contribution in [0.25, 0.3) is 0 Å². The lowest BCUT2D eigenvalue weighted by molar-refractivity contribution is -0.117. The summed E-state index contributed by atoms with van der Waals surface area (Å²) in [5.41, 5.74) is 1.52. The molecule has 1 aromatic heterocycles. The Bertz CT molecular complexity index is 1240. The van der Waals surface area contributed by atoms with Crippen molar-refractivity contribution in [3.63, 3.8) is 0 Å². The fraction of sp³-hybridized carbons (Fsp3) is 0.280. The number of sulfonamides is 1. The number of benzene rings is 2. The maximum atomic E-state index is 12.7. The molecule has 10 heteroatoms. The minimum Gasteiger partial charge on any atom is -0.467 e. The van der Waals surface area contributed by atoms with E-state index in [0.717, 1.165) is 5.56 Å². The molecule has 1 fully saturated rings. The van der Waals surface area contributed by atoms with Gasteiger partial charge in [0.2, 0.25) is 15.9 Å². The van der Waals surface area contributed by atoms with Gasteiger partial charge in [0.1, 0.15) is 5.76 Å². The highest BCUT2D eigenvalue weighted by molar-refractivity contribution is 7.88. The van der Waals surface area contributed by atoms with Crippen LogP contribution in [0.1, 0.15) is 21.7 Å². The number of hydrogen-bond donors (Lipinski definition) is 2. The molecule has 0 saturated carbocycles. The first-order valence-electron chi connectivity index (χ1n) is 11.3. The van der Waals surface area contributed by atoms with Gasteiger partial charge in [0.15, 0.2) is 0 Å². The molecule has 9 nitrogen and oxygen atoms in total. The molecule has 35 heavy (non-hydrogen) atoms. The van der Waals surface area contributed by atoms with Gasteiger partial charge in [-0.3, -0.25) is 14.5 Å². The van der Waals surface area contributed by atoms with Crippen LogP contribution in [-0.4, -0.2) is 62.2 Å². The number of furan rings is 1. The van der Waals surface area contributed by atoms with Gasteiger partial charge in [-0.05, 0) is 29.8 Å². The average molecular weight is 497 g/mol. The number of rotatable bonds is 9. The second kappa shape index (κ2) is 11.3. The molecule has 2 heterocycles. The smallest absolute Gasteiger partial charge is 0.253 e. The van der Waals surface area contributed by atoms with Crippen LogP contribution >= 0.6 is 0 Å². The second-order valence-corrected chi connectivity index (χ2v) is 10.2. The number of para-hydroxylation sites is 1. The van der Waals surface area contributed by atoms with Crippen LogP contribution in [0.2, 0.25) is 0 Å². The summed E-state index contributed by atoms with van der Waals surface area (Å²) in [4.78, 5) is 27.2. The lowest BCUT2D eigenvalue weighted by atomic mass is 10.1. The van der Waals surface area contributed by atoms with Gasteiger partial charge in [-0.15, -0.1) is 0 Å². The molecule has 184 valence electrons. The molecule has 0 aliphatic carbocycles. The molecule has 3 aromatic rings. The average Bonchev–Trinajstić information content (AvgIpc) is 3.37. The molecule has 1 aliphatic heterocycles. The van der Waals surface area contributed by atoms with Crippen LogP contribution in [0.4, 0.5) is 5.69 Å². The van der Waals surface area contributed by atoms with E-state index in [1.165, 1.54) is 10.6 Å². The highest BCUT2D eigenvalue weighted by Gasteiger charge is 2.28. The maximum Gasteiger partial charge on any atom is 0.253 e. The molecule has 0 radical (unpaired) electrons. The Kier molecular flexibility index (Phi) is 7.96. The molecule has 0 atom stereocenters. The third-order valence-corrected chi connectivity index (χ3v) is 7.58. The molecule has 0 bridgehead atoms. The number of anilines is 1. The molecular formula is C25H28N4O5S. The largest absolute Gasteiger partial charge is 0.467 e. The van der Waals surface area contributed by atoms with Crippen molar-refractivity contribution < 1.29 is 22.4 Å². The van der Waals surface area contributed by atoms with Crippen molar-refractivity contribution in [1.29, 1.82) is 0 Å². The first-order chi connectivity index (χ1) is 16.9. The van der Waals surface area contributed by atoms with Crippen molar-refractivity contribution in [2.24, 2.45) is 0 Å². The predicted molar refractivity (Wildman–Crippen MR) is 132 cm³/mol. The zero-order valence-corrected chi connectivity index (χ0v) is 20.0. The molecule has 1 saturated heterocycles. The van der Waals surface area contributed by atoms with Gasteiger partial charge in [0.05, 0.1) is 36.4 Å². The zero-order valence-electron chi connectivity index (χ0n) is 19.2. The first-order valence-corrected chi connectivity index (χ1v) is 13.0. The normalized spacial score (nSPS) is 15.0. The molecule has 2 amide bonds. The minimum atomic E-state index is -3.42. The summed E-state index contributed by atoms with van der Waals surface area (Å²) in [5.74, 6) is 0.00353. The van der Waals surface area contributed by atoms with E-state index < -0.39 is 10.0 Å². The third-order valence-electron chi connectivity index (χ3n) is 5.73. The Morgan fingerprint density at radius 2 is 1.60 bits per heavy atom. The van der Waals surface area contributed by atoms with Gasteiger partial charge in [-0.25, -0.2) is 8.42 Å². The maximum absolute atomic E-state index is 12.7. The SMILES string of the molecule is O=C(CN1CCN(S(=O)(=O)Cc2ccccc2)CC1)Nc1ccccc1C(=O)NCc1ccco1. The number of carbonyl (C=O) groups is 2. The molecule has 0 unspecified atom stereocenters. The highest BCUT2D eigenvalue weighted by atomic mass is 32.2. The number of hydrogen-bond acceptors (Lipinski definition) is 6. The third kappa shape index (κ3) is 6.78. The van der Waals surface area contributed by atoms with Crippen LogP contribution in [0.5, 0.6) is 0 Å². The Hall–Kier alpha value is -3.47. The summed E-state index contributed by atoms with van der Waals surface area (Å²) in [6, 6.07) is 19.4. The lowest BCUT2D eigenvalue weighted by Gasteiger charge is -2.33. The van der Waals surface area contributed by atoms with E-state index in [2.05, 4.69) is 10.6 Å². The summed E-state index contributed by atoms with van der Waals surface area (Å²) < 4.78 is 32.2. The summed E-state index contributed by atoms with van der Waals surface area (Å²) >= 11 is 0.